The molecule has 1 aromatic rings. The number of nitrogens with one attached hydrogen (secondary N) is 1. The average molecular weight is 261 g/mol. The number of anilines is 1. The Morgan fingerprint density at radius 2 is 2.00 bits per heavy atom. The number of carbonyl (C=O) groups is 1. The Morgan fingerprint density at radius 1 is 1.21 bits per heavy atom. The molecule has 0 aromatic heterocycles. The van der Waals surface area contributed by atoms with Crippen LogP contribution < -0.4 is 5.32 Å². The molecule has 0 saturated carbocycles. The van der Waals surface area contributed by atoms with Crippen LogP contribution in [0.4, 0.5) is 5.69 Å². The van der Waals surface area contributed by atoms with E-state index in [0.29, 0.717) is 0 Å². The summed E-state index contributed by atoms with van der Waals surface area (Å²) in [6.45, 7) is 5.73. The van der Waals surface area contributed by atoms with Crippen LogP contribution in [0.1, 0.15) is 22.3 Å². The van der Waals surface area contributed by atoms with Crippen molar-refractivity contribution in [1.82, 2.24) is 9.80 Å². The number of amides is 1. The molecule has 1 aliphatic heterocycles. The van der Waals surface area contributed by atoms with Crippen molar-refractivity contribution in [1.29, 1.82) is 0 Å². The monoisotopic (exact) mass is 261 g/mol. The van der Waals surface area contributed by atoms with Gasteiger partial charge in [-0.2, -0.15) is 0 Å². The van der Waals surface area contributed by atoms with E-state index >= 15 is 0 Å². The summed E-state index contributed by atoms with van der Waals surface area (Å²) in [4.78, 5) is 16.7. The van der Waals surface area contributed by atoms with Crippen molar-refractivity contribution in [3.63, 3.8) is 0 Å². The predicted molar refractivity (Wildman–Crippen MR) is 78.7 cm³/mol. The highest BCUT2D eigenvalue weighted by molar-refractivity contribution is 5.95. The fraction of sp³-hybridized carbons (Fsp3) is 0.533. The normalized spacial score (nSPS) is 17.1. The van der Waals surface area contributed by atoms with Crippen LogP contribution in [0.2, 0.25) is 0 Å². The van der Waals surface area contributed by atoms with Crippen molar-refractivity contribution < 1.29 is 4.79 Å². The molecule has 0 radical (unpaired) electrons. The third-order valence-electron chi connectivity index (χ3n) is 3.75. The average Bonchev–Trinajstić information content (AvgIpc) is 2.62. The minimum atomic E-state index is 0.154. The molecule has 0 atom stereocenters. The number of benzene rings is 1. The van der Waals surface area contributed by atoms with E-state index < -0.39 is 0 Å². The highest BCUT2D eigenvalue weighted by Crippen LogP contribution is 2.17. The smallest absolute Gasteiger partial charge is 0.253 e. The minimum Gasteiger partial charge on any atom is -0.388 e. The van der Waals surface area contributed by atoms with Gasteiger partial charge in [0.25, 0.3) is 5.91 Å². The molecule has 1 aliphatic rings. The van der Waals surface area contributed by atoms with Gasteiger partial charge in [0, 0.05) is 37.9 Å². The summed E-state index contributed by atoms with van der Waals surface area (Å²) in [5.41, 5.74) is 2.98. The molecular weight excluding hydrogens is 238 g/mol. The molecule has 4 heteroatoms. The maximum absolute atomic E-state index is 12.5. The molecule has 4 nitrogen and oxygen atoms in total. The van der Waals surface area contributed by atoms with Crippen molar-refractivity contribution in [2.24, 2.45) is 0 Å². The molecule has 104 valence electrons. The summed E-state index contributed by atoms with van der Waals surface area (Å²) in [6, 6.07) is 5.87. The molecule has 1 N–H and O–H groups in total. The summed E-state index contributed by atoms with van der Waals surface area (Å²) in [5, 5.41) is 3.13. The van der Waals surface area contributed by atoms with E-state index in [1.807, 2.05) is 37.1 Å². The van der Waals surface area contributed by atoms with E-state index in [-0.39, 0.29) is 5.91 Å². The first kappa shape index (κ1) is 13.9. The van der Waals surface area contributed by atoms with Crippen LogP contribution in [0.5, 0.6) is 0 Å². The molecule has 19 heavy (non-hydrogen) atoms. The molecule has 0 bridgehead atoms. The Morgan fingerprint density at radius 3 is 2.68 bits per heavy atom. The number of aryl methyl sites for hydroxylation is 1. The van der Waals surface area contributed by atoms with Gasteiger partial charge in [0.15, 0.2) is 0 Å². The van der Waals surface area contributed by atoms with Crippen molar-refractivity contribution in [2.45, 2.75) is 13.3 Å². The third-order valence-corrected chi connectivity index (χ3v) is 3.75. The van der Waals surface area contributed by atoms with Gasteiger partial charge in [-0.15, -0.1) is 0 Å². The van der Waals surface area contributed by atoms with Crippen molar-refractivity contribution in [3.05, 3.63) is 29.3 Å². The third kappa shape index (κ3) is 3.26. The summed E-state index contributed by atoms with van der Waals surface area (Å²) in [6.07, 6.45) is 1.05. The van der Waals surface area contributed by atoms with Crippen molar-refractivity contribution in [3.8, 4) is 0 Å². The second kappa shape index (κ2) is 6.06. The Labute approximate surface area is 115 Å². The van der Waals surface area contributed by atoms with E-state index in [1.165, 1.54) is 0 Å². The number of hydrogen-bond acceptors (Lipinski definition) is 3. The number of nitrogens with zero attached hydrogens (tertiary/aromatic N) is 2. The lowest BCUT2D eigenvalue weighted by Crippen LogP contribution is -2.34. The van der Waals surface area contributed by atoms with E-state index in [0.717, 1.165) is 49.4 Å². The quantitative estimate of drug-likeness (QED) is 0.882. The fourth-order valence-corrected chi connectivity index (χ4v) is 2.51. The van der Waals surface area contributed by atoms with Crippen LogP contribution in [-0.2, 0) is 0 Å². The topological polar surface area (TPSA) is 35.6 Å². The Balaban J connectivity index is 2.12. The van der Waals surface area contributed by atoms with Gasteiger partial charge in [-0.05, 0) is 50.7 Å². The lowest BCUT2D eigenvalue weighted by Gasteiger charge is -2.21. The van der Waals surface area contributed by atoms with Crippen molar-refractivity contribution in [2.75, 3.05) is 45.6 Å². The van der Waals surface area contributed by atoms with Gasteiger partial charge < -0.3 is 15.1 Å². The van der Waals surface area contributed by atoms with Gasteiger partial charge in [0.1, 0.15) is 0 Å². The molecule has 0 spiro atoms. The lowest BCUT2D eigenvalue weighted by atomic mass is 10.1. The zero-order chi connectivity index (χ0) is 13.8. The molecule has 1 saturated heterocycles. The molecule has 0 aliphatic carbocycles. The maximum atomic E-state index is 12.5. The summed E-state index contributed by atoms with van der Waals surface area (Å²) >= 11 is 0. The minimum absolute atomic E-state index is 0.154. The second-order valence-corrected chi connectivity index (χ2v) is 5.23. The highest BCUT2D eigenvalue weighted by Gasteiger charge is 2.19. The van der Waals surface area contributed by atoms with Gasteiger partial charge in [0.2, 0.25) is 0 Å². The SMILES string of the molecule is CNc1ccc(C(=O)N2CCCN(C)CC2)cc1C. The highest BCUT2D eigenvalue weighted by atomic mass is 16.2. The molecular formula is C15H23N3O. The second-order valence-electron chi connectivity index (χ2n) is 5.23. The summed E-state index contributed by atoms with van der Waals surface area (Å²) in [7, 11) is 4.01. The van der Waals surface area contributed by atoms with E-state index in [1.54, 1.807) is 0 Å². The van der Waals surface area contributed by atoms with Gasteiger partial charge >= 0.3 is 0 Å². The first-order valence-electron chi connectivity index (χ1n) is 6.88. The van der Waals surface area contributed by atoms with Gasteiger partial charge in [0.05, 0.1) is 0 Å². The largest absolute Gasteiger partial charge is 0.388 e. The Hall–Kier alpha value is -1.55. The van der Waals surface area contributed by atoms with Crippen molar-refractivity contribution >= 4 is 11.6 Å². The van der Waals surface area contributed by atoms with Gasteiger partial charge in [-0.25, -0.2) is 0 Å². The fourth-order valence-electron chi connectivity index (χ4n) is 2.51. The number of hydrogen-bond donors (Lipinski definition) is 1. The zero-order valence-corrected chi connectivity index (χ0v) is 12.1. The molecule has 0 unspecified atom stereocenters. The lowest BCUT2D eigenvalue weighted by molar-refractivity contribution is 0.0763. The van der Waals surface area contributed by atoms with Crippen LogP contribution in [0.25, 0.3) is 0 Å². The van der Waals surface area contributed by atoms with Crippen LogP contribution in [-0.4, -0.2) is 56.0 Å². The predicted octanol–water partition coefficient (Wildman–Crippen LogP) is 1.81. The molecule has 2 rings (SSSR count). The standard InChI is InChI=1S/C15H23N3O/c1-12-11-13(5-6-14(12)16-2)15(19)18-8-4-7-17(3)9-10-18/h5-6,11,16H,4,7-10H2,1-3H3. The first-order valence-corrected chi connectivity index (χ1v) is 6.88. The number of carbonyl (C=O) groups excluding carboxylic acids is 1. The summed E-state index contributed by atoms with van der Waals surface area (Å²) < 4.78 is 0. The van der Waals surface area contributed by atoms with Crippen LogP contribution in [0, 0.1) is 6.92 Å². The van der Waals surface area contributed by atoms with Crippen LogP contribution in [0.15, 0.2) is 18.2 Å². The van der Waals surface area contributed by atoms with E-state index in [2.05, 4.69) is 17.3 Å². The summed E-state index contributed by atoms with van der Waals surface area (Å²) in [5.74, 6) is 0.154. The zero-order valence-electron chi connectivity index (χ0n) is 12.1. The van der Waals surface area contributed by atoms with E-state index in [9.17, 15) is 4.79 Å². The molecule has 1 amide bonds. The van der Waals surface area contributed by atoms with Crippen LogP contribution in [0.3, 0.4) is 0 Å². The first-order chi connectivity index (χ1) is 9.11. The van der Waals surface area contributed by atoms with E-state index in [4.69, 9.17) is 0 Å². The van der Waals surface area contributed by atoms with Crippen LogP contribution >= 0.6 is 0 Å². The Bertz CT molecular complexity index is 459. The molecule has 1 heterocycles. The number of likely N-dealkylation sites (N-methyl/N-ethyl adjacent to an activating group) is 1. The number of rotatable bonds is 2. The Kier molecular flexibility index (Phi) is 4.43. The maximum Gasteiger partial charge on any atom is 0.253 e. The van der Waals surface area contributed by atoms with Gasteiger partial charge in [-0.1, -0.05) is 0 Å². The van der Waals surface area contributed by atoms with Gasteiger partial charge in [-0.3, -0.25) is 4.79 Å². The molecule has 1 aromatic carbocycles. The molecule has 1 fully saturated rings.